The van der Waals surface area contributed by atoms with Crippen molar-refractivity contribution in [3.8, 4) is 5.75 Å². The van der Waals surface area contributed by atoms with Crippen LogP contribution in [-0.4, -0.2) is 24.3 Å². The molecule has 8 nitrogen and oxygen atoms in total. The van der Waals surface area contributed by atoms with Crippen LogP contribution < -0.4 is 26.4 Å². The summed E-state index contributed by atoms with van der Waals surface area (Å²) in [6.45, 7) is 0.279. The molecule has 1 aromatic rings. The summed E-state index contributed by atoms with van der Waals surface area (Å²) in [5.74, 6) is -0.698. The number of hydrogen-bond donors (Lipinski definition) is 4. The average molecular weight is 387 g/mol. The minimum Gasteiger partial charge on any atom is -0.492 e. The lowest BCUT2D eigenvalue weighted by Crippen LogP contribution is -2.49. The first-order chi connectivity index (χ1) is 12.0. The maximum Gasteiger partial charge on any atom is 0.287 e. The minimum atomic E-state index is -0.558. The number of carbonyl (C=O) groups is 3. The molecule has 25 heavy (non-hydrogen) atoms. The summed E-state index contributed by atoms with van der Waals surface area (Å²) in [5.41, 5.74) is 9.40. The predicted molar refractivity (Wildman–Crippen MR) is 91.5 cm³/mol. The third-order valence-electron chi connectivity index (χ3n) is 3.09. The van der Waals surface area contributed by atoms with E-state index in [9.17, 15) is 14.4 Å². The fourth-order valence-corrected chi connectivity index (χ4v) is 2.31. The van der Waals surface area contributed by atoms with Crippen LogP contribution in [-0.2, 0) is 14.4 Å². The summed E-state index contributed by atoms with van der Waals surface area (Å²) in [7, 11) is 0. The van der Waals surface area contributed by atoms with E-state index >= 15 is 0 Å². The van der Waals surface area contributed by atoms with Crippen LogP contribution in [0.15, 0.2) is 30.0 Å². The zero-order valence-corrected chi connectivity index (χ0v) is 14.5. The summed E-state index contributed by atoms with van der Waals surface area (Å²) in [5, 5.41) is 0.902. The molecule has 134 valence electrons. The lowest BCUT2D eigenvalue weighted by molar-refractivity contribution is -0.128. The summed E-state index contributed by atoms with van der Waals surface area (Å²) < 4.78 is 5.46. The van der Waals surface area contributed by atoms with Crippen LogP contribution in [0.4, 0.5) is 0 Å². The molecule has 0 atom stereocenters. The Hall–Kier alpha value is -2.45. The van der Waals surface area contributed by atoms with E-state index in [4.69, 9.17) is 27.9 Å². The van der Waals surface area contributed by atoms with Gasteiger partial charge in [0.2, 0.25) is 11.8 Å². The van der Waals surface area contributed by atoms with E-state index in [1.54, 1.807) is 18.2 Å². The van der Waals surface area contributed by atoms with Crippen molar-refractivity contribution in [1.82, 2.24) is 21.7 Å². The smallest absolute Gasteiger partial charge is 0.287 e. The van der Waals surface area contributed by atoms with Crippen molar-refractivity contribution in [3.05, 3.63) is 40.0 Å². The quantitative estimate of drug-likeness (QED) is 0.434. The Morgan fingerprint density at radius 1 is 1.20 bits per heavy atom. The van der Waals surface area contributed by atoms with E-state index in [1.165, 1.54) is 6.08 Å². The van der Waals surface area contributed by atoms with Gasteiger partial charge in [-0.3, -0.25) is 36.1 Å². The number of hydrazine groups is 2. The maximum atomic E-state index is 11.7. The molecule has 0 fully saturated rings. The second-order valence-electron chi connectivity index (χ2n) is 5.02. The van der Waals surface area contributed by atoms with Crippen LogP contribution in [0.25, 0.3) is 0 Å². The van der Waals surface area contributed by atoms with Crippen LogP contribution in [0.2, 0.25) is 10.0 Å². The molecule has 1 aliphatic rings. The summed E-state index contributed by atoms with van der Waals surface area (Å²) in [6, 6.07) is 4.87. The van der Waals surface area contributed by atoms with Gasteiger partial charge in [0.05, 0.1) is 11.6 Å². The number of halogens is 2. The van der Waals surface area contributed by atoms with Crippen LogP contribution in [0, 0.1) is 0 Å². The molecular formula is C15H16Cl2N4O4. The third-order valence-corrected chi connectivity index (χ3v) is 3.62. The number of carbonyl (C=O) groups excluding carboxylic acids is 3. The zero-order chi connectivity index (χ0) is 18.2. The zero-order valence-electron chi connectivity index (χ0n) is 13.0. The second-order valence-corrected chi connectivity index (χ2v) is 5.87. The Balaban J connectivity index is 1.64. The molecular weight excluding hydrogens is 371 g/mol. The summed E-state index contributed by atoms with van der Waals surface area (Å²) in [6.07, 6.45) is 2.09. The number of nitrogens with one attached hydrogen (secondary N) is 4. The Bertz CT molecular complexity index is 709. The largest absolute Gasteiger partial charge is 0.492 e. The van der Waals surface area contributed by atoms with E-state index in [2.05, 4.69) is 21.7 Å². The highest BCUT2D eigenvalue weighted by Gasteiger charge is 2.15. The molecule has 0 spiro atoms. The Morgan fingerprint density at radius 2 is 2.00 bits per heavy atom. The molecule has 0 aromatic heterocycles. The van der Waals surface area contributed by atoms with E-state index in [1.807, 2.05) is 0 Å². The summed E-state index contributed by atoms with van der Waals surface area (Å²) in [4.78, 5) is 34.3. The molecule has 0 unspecified atom stereocenters. The lowest BCUT2D eigenvalue weighted by atomic mass is 10.3. The van der Waals surface area contributed by atoms with Gasteiger partial charge in [-0.2, -0.15) is 0 Å². The third kappa shape index (κ3) is 6.17. The summed E-state index contributed by atoms with van der Waals surface area (Å²) >= 11 is 11.8. The average Bonchev–Trinajstić information content (AvgIpc) is 2.58. The van der Waals surface area contributed by atoms with Crippen molar-refractivity contribution in [3.63, 3.8) is 0 Å². The first-order valence-electron chi connectivity index (χ1n) is 7.38. The molecule has 1 heterocycles. The molecule has 1 aromatic carbocycles. The van der Waals surface area contributed by atoms with Gasteiger partial charge in [-0.1, -0.05) is 23.2 Å². The Labute approximate surface area is 153 Å². The fraction of sp³-hybridized carbons (Fsp3) is 0.267. The molecule has 0 aliphatic carbocycles. The highest BCUT2D eigenvalue weighted by Crippen LogP contribution is 2.27. The first-order valence-corrected chi connectivity index (χ1v) is 8.13. The van der Waals surface area contributed by atoms with E-state index in [0.717, 1.165) is 0 Å². The molecule has 4 N–H and O–H groups in total. The number of ether oxygens (including phenoxy) is 1. The molecule has 10 heteroatoms. The number of hydrogen-bond acceptors (Lipinski definition) is 5. The predicted octanol–water partition coefficient (Wildman–Crippen LogP) is 1.21. The molecule has 0 radical (unpaired) electrons. The van der Waals surface area contributed by atoms with Gasteiger partial charge in [-0.25, -0.2) is 0 Å². The lowest BCUT2D eigenvalue weighted by Gasteiger charge is -2.16. The van der Waals surface area contributed by atoms with Gasteiger partial charge in [0, 0.05) is 17.9 Å². The molecule has 0 bridgehead atoms. The van der Waals surface area contributed by atoms with Gasteiger partial charge in [0.25, 0.3) is 5.91 Å². The van der Waals surface area contributed by atoms with Gasteiger partial charge >= 0.3 is 0 Å². The standard InChI is InChI=1S/C15H16Cl2N4O4/c16-9-3-5-12(10(17)8-9)25-7-1-2-13(22)20-21-15(24)11-4-6-14(23)19-18-11/h3-5,8,18H,1-2,6-7H2,(H,19,23)(H,20,22)(H,21,24). The van der Waals surface area contributed by atoms with Crippen molar-refractivity contribution in [2.24, 2.45) is 0 Å². The van der Waals surface area contributed by atoms with Crippen molar-refractivity contribution in [2.75, 3.05) is 6.61 Å². The van der Waals surface area contributed by atoms with E-state index in [0.29, 0.717) is 22.2 Å². The van der Waals surface area contributed by atoms with Crippen LogP contribution in [0.1, 0.15) is 19.3 Å². The normalized spacial score (nSPS) is 13.2. The van der Waals surface area contributed by atoms with Crippen LogP contribution in [0.5, 0.6) is 5.75 Å². The van der Waals surface area contributed by atoms with Gasteiger partial charge in [0.15, 0.2) is 0 Å². The Morgan fingerprint density at radius 3 is 2.68 bits per heavy atom. The number of amides is 3. The molecule has 3 amide bonds. The second kappa shape index (κ2) is 9.14. The van der Waals surface area contributed by atoms with Crippen molar-refractivity contribution >= 4 is 40.9 Å². The Kier molecular flexibility index (Phi) is 6.91. The molecule has 0 saturated carbocycles. The van der Waals surface area contributed by atoms with Crippen LogP contribution >= 0.6 is 23.2 Å². The molecule has 2 rings (SSSR count). The number of rotatable bonds is 6. The van der Waals surface area contributed by atoms with Gasteiger partial charge in [0.1, 0.15) is 11.4 Å². The van der Waals surface area contributed by atoms with Crippen LogP contribution in [0.3, 0.4) is 0 Å². The van der Waals surface area contributed by atoms with Gasteiger partial charge in [-0.05, 0) is 30.7 Å². The minimum absolute atomic E-state index is 0.0916. The van der Waals surface area contributed by atoms with Crippen molar-refractivity contribution < 1.29 is 19.1 Å². The van der Waals surface area contributed by atoms with Gasteiger partial charge < -0.3 is 4.74 Å². The fourth-order valence-electron chi connectivity index (χ4n) is 1.85. The number of benzene rings is 1. The molecule has 0 saturated heterocycles. The van der Waals surface area contributed by atoms with E-state index in [-0.39, 0.29) is 37.0 Å². The topological polar surface area (TPSA) is 109 Å². The first kappa shape index (κ1) is 18.9. The highest BCUT2D eigenvalue weighted by atomic mass is 35.5. The SMILES string of the molecule is O=C(CCCOc1ccc(Cl)cc1Cl)NNC(=O)C1=CCC(=O)NN1. The van der Waals surface area contributed by atoms with Gasteiger partial charge in [-0.15, -0.1) is 0 Å². The van der Waals surface area contributed by atoms with E-state index < -0.39 is 5.91 Å². The van der Waals surface area contributed by atoms with Crippen molar-refractivity contribution in [1.29, 1.82) is 0 Å². The molecule has 1 aliphatic heterocycles. The maximum absolute atomic E-state index is 11.7. The highest BCUT2D eigenvalue weighted by molar-refractivity contribution is 6.35. The van der Waals surface area contributed by atoms with Crippen molar-refractivity contribution in [2.45, 2.75) is 19.3 Å². The monoisotopic (exact) mass is 386 g/mol.